The summed E-state index contributed by atoms with van der Waals surface area (Å²) in [7, 11) is 0. The van der Waals surface area contributed by atoms with Gasteiger partial charge in [0.2, 0.25) is 17.8 Å². The average Bonchev–Trinajstić information content (AvgIpc) is 2.81. The van der Waals surface area contributed by atoms with Crippen molar-refractivity contribution in [3.05, 3.63) is 35.9 Å². The van der Waals surface area contributed by atoms with Crippen LogP contribution in [0.3, 0.4) is 0 Å². The van der Waals surface area contributed by atoms with E-state index in [1.807, 2.05) is 30.3 Å². The fourth-order valence-corrected chi connectivity index (χ4v) is 1.37. The Morgan fingerprint density at radius 3 is 2.78 bits per heavy atom. The predicted molar refractivity (Wildman–Crippen MR) is 67.6 cm³/mol. The number of nitrogens with one attached hydrogen (secondary N) is 3. The number of aromatic amines is 1. The third-order valence-corrected chi connectivity index (χ3v) is 2.24. The Balaban J connectivity index is 1.73. The highest BCUT2D eigenvalue weighted by atomic mass is 16.1. The van der Waals surface area contributed by atoms with Gasteiger partial charge in [0, 0.05) is 6.54 Å². The zero-order valence-electron chi connectivity index (χ0n) is 9.68. The van der Waals surface area contributed by atoms with Crippen LogP contribution in [-0.4, -0.2) is 27.6 Å². The van der Waals surface area contributed by atoms with E-state index in [1.54, 1.807) is 0 Å². The van der Waals surface area contributed by atoms with Gasteiger partial charge in [-0.25, -0.2) is 5.10 Å². The van der Waals surface area contributed by atoms with E-state index in [4.69, 9.17) is 5.73 Å². The van der Waals surface area contributed by atoms with Gasteiger partial charge in [-0.2, -0.15) is 4.98 Å². The molecule has 1 heterocycles. The van der Waals surface area contributed by atoms with Gasteiger partial charge in [0.25, 0.3) is 0 Å². The molecule has 0 unspecified atom stereocenters. The first-order valence-corrected chi connectivity index (χ1v) is 5.46. The molecule has 0 aliphatic carbocycles. The molecular formula is C11H14N6O. The van der Waals surface area contributed by atoms with E-state index in [0.717, 1.165) is 5.56 Å². The maximum absolute atomic E-state index is 11.5. The SMILES string of the molecule is Nc1nc(NCC(=O)NCc2ccccc2)n[nH]1. The Labute approximate surface area is 104 Å². The van der Waals surface area contributed by atoms with E-state index in [0.29, 0.717) is 12.5 Å². The maximum atomic E-state index is 11.5. The van der Waals surface area contributed by atoms with Crippen LogP contribution in [0.1, 0.15) is 5.56 Å². The molecule has 1 aromatic heterocycles. The van der Waals surface area contributed by atoms with Gasteiger partial charge < -0.3 is 16.4 Å². The number of amides is 1. The number of carbonyl (C=O) groups is 1. The molecule has 0 aliphatic heterocycles. The van der Waals surface area contributed by atoms with Gasteiger partial charge in [-0.05, 0) is 5.56 Å². The molecule has 94 valence electrons. The molecular weight excluding hydrogens is 232 g/mol. The smallest absolute Gasteiger partial charge is 0.244 e. The first-order chi connectivity index (χ1) is 8.74. The highest BCUT2D eigenvalue weighted by Gasteiger charge is 2.03. The largest absolute Gasteiger partial charge is 0.368 e. The van der Waals surface area contributed by atoms with Crippen molar-refractivity contribution in [3.63, 3.8) is 0 Å². The summed E-state index contributed by atoms with van der Waals surface area (Å²) in [4.78, 5) is 15.3. The third-order valence-electron chi connectivity index (χ3n) is 2.24. The Morgan fingerprint density at radius 2 is 2.11 bits per heavy atom. The van der Waals surface area contributed by atoms with Gasteiger partial charge in [0.1, 0.15) is 0 Å². The lowest BCUT2D eigenvalue weighted by atomic mass is 10.2. The number of H-pyrrole nitrogens is 1. The van der Waals surface area contributed by atoms with Crippen molar-refractivity contribution in [1.29, 1.82) is 0 Å². The van der Waals surface area contributed by atoms with Crippen LogP contribution in [0.4, 0.5) is 11.9 Å². The second-order valence-corrected chi connectivity index (χ2v) is 3.66. The van der Waals surface area contributed by atoms with Gasteiger partial charge in [-0.1, -0.05) is 30.3 Å². The zero-order chi connectivity index (χ0) is 12.8. The van der Waals surface area contributed by atoms with Gasteiger partial charge in [-0.15, -0.1) is 5.10 Å². The average molecular weight is 246 g/mol. The molecule has 1 aromatic carbocycles. The molecule has 0 aliphatic rings. The molecule has 0 saturated carbocycles. The van der Waals surface area contributed by atoms with Gasteiger partial charge in [0.15, 0.2) is 0 Å². The van der Waals surface area contributed by atoms with Crippen LogP contribution in [0.25, 0.3) is 0 Å². The minimum Gasteiger partial charge on any atom is -0.368 e. The van der Waals surface area contributed by atoms with E-state index in [1.165, 1.54) is 0 Å². The summed E-state index contributed by atoms with van der Waals surface area (Å²) in [6.07, 6.45) is 0. The summed E-state index contributed by atoms with van der Waals surface area (Å²) < 4.78 is 0. The first-order valence-electron chi connectivity index (χ1n) is 5.46. The number of hydrogen-bond donors (Lipinski definition) is 4. The molecule has 0 fully saturated rings. The van der Waals surface area contributed by atoms with Crippen LogP contribution in [0.2, 0.25) is 0 Å². The fraction of sp³-hybridized carbons (Fsp3) is 0.182. The van der Waals surface area contributed by atoms with E-state index in [2.05, 4.69) is 25.8 Å². The minimum atomic E-state index is -0.137. The summed E-state index contributed by atoms with van der Waals surface area (Å²) in [5.41, 5.74) is 6.40. The van der Waals surface area contributed by atoms with Crippen LogP contribution in [0.5, 0.6) is 0 Å². The molecule has 0 saturated heterocycles. The zero-order valence-corrected chi connectivity index (χ0v) is 9.68. The van der Waals surface area contributed by atoms with Crippen molar-refractivity contribution in [2.45, 2.75) is 6.54 Å². The summed E-state index contributed by atoms with van der Waals surface area (Å²) in [6, 6.07) is 9.68. The Bertz CT molecular complexity index is 509. The van der Waals surface area contributed by atoms with Crippen LogP contribution in [0.15, 0.2) is 30.3 Å². The summed E-state index contributed by atoms with van der Waals surface area (Å²) >= 11 is 0. The highest BCUT2D eigenvalue weighted by Crippen LogP contribution is 1.98. The molecule has 0 atom stereocenters. The number of anilines is 2. The predicted octanol–water partition coefficient (Wildman–Crippen LogP) is 0.115. The summed E-state index contributed by atoms with van der Waals surface area (Å²) in [5.74, 6) is 0.381. The van der Waals surface area contributed by atoms with E-state index in [9.17, 15) is 4.79 Å². The lowest BCUT2D eigenvalue weighted by Crippen LogP contribution is -2.29. The standard InChI is InChI=1S/C11H14N6O/c12-10-15-11(17-16-10)14-7-9(18)13-6-8-4-2-1-3-5-8/h1-5H,6-7H2,(H,13,18)(H4,12,14,15,16,17). The number of nitrogens with zero attached hydrogens (tertiary/aromatic N) is 2. The molecule has 7 nitrogen and oxygen atoms in total. The Morgan fingerprint density at radius 1 is 1.33 bits per heavy atom. The van der Waals surface area contributed by atoms with Crippen molar-refractivity contribution < 1.29 is 4.79 Å². The van der Waals surface area contributed by atoms with Crippen molar-refractivity contribution in [2.24, 2.45) is 0 Å². The molecule has 0 radical (unpaired) electrons. The lowest BCUT2D eigenvalue weighted by molar-refractivity contribution is -0.119. The van der Waals surface area contributed by atoms with Gasteiger partial charge in [0.05, 0.1) is 6.54 Å². The summed E-state index contributed by atoms with van der Waals surface area (Å²) in [5, 5.41) is 11.8. The highest BCUT2D eigenvalue weighted by molar-refractivity contribution is 5.80. The quantitative estimate of drug-likeness (QED) is 0.599. The number of nitrogen functional groups attached to an aromatic ring is 1. The van der Waals surface area contributed by atoms with Crippen molar-refractivity contribution in [3.8, 4) is 0 Å². The summed E-state index contributed by atoms with van der Waals surface area (Å²) in [6.45, 7) is 0.599. The normalized spacial score (nSPS) is 10.0. The lowest BCUT2D eigenvalue weighted by Gasteiger charge is -2.05. The number of hydrogen-bond acceptors (Lipinski definition) is 5. The van der Waals surface area contributed by atoms with Crippen LogP contribution >= 0.6 is 0 Å². The molecule has 0 spiro atoms. The topological polar surface area (TPSA) is 109 Å². The number of aromatic nitrogens is 3. The van der Waals surface area contributed by atoms with E-state index < -0.39 is 0 Å². The van der Waals surface area contributed by atoms with E-state index >= 15 is 0 Å². The third kappa shape index (κ3) is 3.48. The number of benzene rings is 1. The molecule has 18 heavy (non-hydrogen) atoms. The minimum absolute atomic E-state index is 0.101. The van der Waals surface area contributed by atoms with Crippen molar-refractivity contribution in [1.82, 2.24) is 20.5 Å². The molecule has 7 heteroatoms. The Kier molecular flexibility index (Phi) is 3.75. The number of rotatable bonds is 5. The van der Waals surface area contributed by atoms with Gasteiger partial charge >= 0.3 is 0 Å². The molecule has 5 N–H and O–H groups in total. The second-order valence-electron chi connectivity index (χ2n) is 3.66. The molecule has 2 aromatic rings. The first kappa shape index (κ1) is 11.9. The molecule has 0 bridgehead atoms. The van der Waals surface area contributed by atoms with Crippen molar-refractivity contribution >= 4 is 17.8 Å². The van der Waals surface area contributed by atoms with Crippen molar-refractivity contribution in [2.75, 3.05) is 17.6 Å². The molecule has 2 rings (SSSR count). The molecule has 1 amide bonds. The second kappa shape index (κ2) is 5.67. The maximum Gasteiger partial charge on any atom is 0.244 e. The van der Waals surface area contributed by atoms with Crippen LogP contribution in [0, 0.1) is 0 Å². The van der Waals surface area contributed by atoms with Crippen LogP contribution < -0.4 is 16.4 Å². The van der Waals surface area contributed by atoms with Gasteiger partial charge in [-0.3, -0.25) is 4.79 Å². The Hall–Kier alpha value is -2.57. The van der Waals surface area contributed by atoms with Crippen LogP contribution in [-0.2, 0) is 11.3 Å². The number of nitrogens with two attached hydrogens (primary N) is 1. The monoisotopic (exact) mass is 246 g/mol. The number of carbonyl (C=O) groups excluding carboxylic acids is 1. The fourth-order valence-electron chi connectivity index (χ4n) is 1.37. The van der Waals surface area contributed by atoms with E-state index in [-0.39, 0.29) is 18.4 Å².